The minimum atomic E-state index is 0.417. The number of unbranched alkanes of at least 4 members (excludes halogenated alkanes) is 4. The molecule has 92 valence electrons. The van der Waals surface area contributed by atoms with E-state index in [-0.39, 0.29) is 0 Å². The molecule has 1 aromatic heterocycles. The number of rotatable bonds is 9. The van der Waals surface area contributed by atoms with Crippen LogP contribution in [0.25, 0.3) is 0 Å². The molecule has 4 heteroatoms. The van der Waals surface area contributed by atoms with Crippen molar-refractivity contribution >= 4 is 0 Å². The first-order valence-electron chi connectivity index (χ1n) is 6.09. The maximum Gasteiger partial charge on any atom is 0.162 e. The lowest BCUT2D eigenvalue weighted by Crippen LogP contribution is -1.96. The van der Waals surface area contributed by atoms with Gasteiger partial charge < -0.3 is 15.0 Å². The topological polar surface area (TPSA) is 61.3 Å². The van der Waals surface area contributed by atoms with Crippen molar-refractivity contribution in [1.82, 2.24) is 5.16 Å². The number of nitrogens with zero attached hydrogens (tertiary/aromatic N) is 1. The predicted octanol–water partition coefficient (Wildman–Crippen LogP) is 2.62. The molecule has 0 saturated carbocycles. The zero-order valence-electron chi connectivity index (χ0n) is 10.1. The summed E-state index contributed by atoms with van der Waals surface area (Å²) in [6.45, 7) is 3.93. The second-order valence-corrected chi connectivity index (χ2v) is 3.96. The Labute approximate surface area is 97.1 Å². The average Bonchev–Trinajstić information content (AvgIpc) is 2.76. The van der Waals surface area contributed by atoms with Crippen LogP contribution in [0.5, 0.6) is 0 Å². The highest BCUT2D eigenvalue weighted by Crippen LogP contribution is 2.06. The molecular formula is C12H22N2O2. The van der Waals surface area contributed by atoms with Gasteiger partial charge in [0.1, 0.15) is 6.61 Å². The maximum absolute atomic E-state index is 5.48. The van der Waals surface area contributed by atoms with Gasteiger partial charge in [-0.3, -0.25) is 0 Å². The van der Waals surface area contributed by atoms with Gasteiger partial charge in [-0.1, -0.05) is 37.8 Å². The summed E-state index contributed by atoms with van der Waals surface area (Å²) in [6, 6.07) is 1.84. The van der Waals surface area contributed by atoms with Crippen molar-refractivity contribution < 1.29 is 9.26 Å². The summed E-state index contributed by atoms with van der Waals surface area (Å²) in [5, 5.41) is 3.79. The van der Waals surface area contributed by atoms with Gasteiger partial charge in [0.25, 0.3) is 0 Å². The van der Waals surface area contributed by atoms with Crippen molar-refractivity contribution in [2.45, 2.75) is 52.2 Å². The molecule has 0 amide bonds. The van der Waals surface area contributed by atoms with Gasteiger partial charge in [-0.2, -0.15) is 0 Å². The molecule has 0 aromatic carbocycles. The Hall–Kier alpha value is -0.870. The molecule has 1 heterocycles. The van der Waals surface area contributed by atoms with E-state index in [0.29, 0.717) is 13.2 Å². The van der Waals surface area contributed by atoms with Crippen LogP contribution in [-0.4, -0.2) is 11.8 Å². The van der Waals surface area contributed by atoms with Crippen LogP contribution in [0.2, 0.25) is 0 Å². The third kappa shape index (κ3) is 5.28. The van der Waals surface area contributed by atoms with Gasteiger partial charge >= 0.3 is 0 Å². The number of ether oxygens (including phenoxy) is 1. The summed E-state index contributed by atoms with van der Waals surface area (Å²) in [5.74, 6) is 0.758. The Kier molecular flexibility index (Phi) is 6.85. The van der Waals surface area contributed by atoms with Crippen LogP contribution in [0.1, 0.15) is 50.5 Å². The molecule has 0 aliphatic heterocycles. The predicted molar refractivity (Wildman–Crippen MR) is 62.8 cm³/mol. The fourth-order valence-electron chi connectivity index (χ4n) is 1.50. The van der Waals surface area contributed by atoms with E-state index in [9.17, 15) is 0 Å². The summed E-state index contributed by atoms with van der Waals surface area (Å²) >= 11 is 0. The van der Waals surface area contributed by atoms with Crippen LogP contribution in [0.15, 0.2) is 10.6 Å². The summed E-state index contributed by atoms with van der Waals surface area (Å²) in [4.78, 5) is 0. The minimum Gasteiger partial charge on any atom is -0.373 e. The van der Waals surface area contributed by atoms with Crippen molar-refractivity contribution in [3.05, 3.63) is 17.5 Å². The average molecular weight is 226 g/mol. The first-order chi connectivity index (χ1) is 7.86. The van der Waals surface area contributed by atoms with Crippen LogP contribution in [-0.2, 0) is 17.9 Å². The first kappa shape index (κ1) is 13.2. The van der Waals surface area contributed by atoms with E-state index in [0.717, 1.165) is 24.5 Å². The van der Waals surface area contributed by atoms with Crippen molar-refractivity contribution in [3.8, 4) is 0 Å². The van der Waals surface area contributed by atoms with Crippen LogP contribution >= 0.6 is 0 Å². The Balaban J connectivity index is 1.98. The molecule has 0 unspecified atom stereocenters. The van der Waals surface area contributed by atoms with Crippen LogP contribution < -0.4 is 5.73 Å². The molecular weight excluding hydrogens is 204 g/mol. The third-order valence-corrected chi connectivity index (χ3v) is 2.45. The van der Waals surface area contributed by atoms with E-state index in [4.69, 9.17) is 15.0 Å². The monoisotopic (exact) mass is 226 g/mol. The van der Waals surface area contributed by atoms with Crippen LogP contribution in [0.4, 0.5) is 0 Å². The molecule has 16 heavy (non-hydrogen) atoms. The Morgan fingerprint density at radius 1 is 1.31 bits per heavy atom. The molecule has 0 fully saturated rings. The lowest BCUT2D eigenvalue weighted by molar-refractivity contribution is 0.0975. The van der Waals surface area contributed by atoms with Crippen molar-refractivity contribution in [3.63, 3.8) is 0 Å². The normalized spacial score (nSPS) is 10.9. The summed E-state index contributed by atoms with van der Waals surface area (Å²) < 4.78 is 10.5. The fourth-order valence-corrected chi connectivity index (χ4v) is 1.50. The molecule has 0 atom stereocenters. The molecule has 0 spiro atoms. The van der Waals surface area contributed by atoms with Gasteiger partial charge in [-0.05, 0) is 6.42 Å². The second-order valence-electron chi connectivity index (χ2n) is 3.96. The van der Waals surface area contributed by atoms with E-state index >= 15 is 0 Å². The quantitative estimate of drug-likeness (QED) is 0.657. The lowest BCUT2D eigenvalue weighted by Gasteiger charge is -2.01. The molecule has 1 aromatic rings. The lowest BCUT2D eigenvalue weighted by atomic mass is 10.2. The molecule has 0 aliphatic carbocycles. The number of aromatic nitrogens is 1. The molecule has 0 aliphatic rings. The van der Waals surface area contributed by atoms with Gasteiger partial charge in [0.15, 0.2) is 5.76 Å². The SMILES string of the molecule is CCCCCCCOCc1cc(CN)no1. The smallest absolute Gasteiger partial charge is 0.162 e. The largest absolute Gasteiger partial charge is 0.373 e. The van der Waals surface area contributed by atoms with E-state index < -0.39 is 0 Å². The van der Waals surface area contributed by atoms with Gasteiger partial charge in [-0.25, -0.2) is 0 Å². The highest BCUT2D eigenvalue weighted by atomic mass is 16.5. The second kappa shape index (κ2) is 8.30. The highest BCUT2D eigenvalue weighted by molar-refractivity contribution is 5.03. The maximum atomic E-state index is 5.48. The molecule has 2 N–H and O–H groups in total. The molecule has 0 saturated heterocycles. The summed E-state index contributed by atoms with van der Waals surface area (Å²) in [6.07, 6.45) is 6.28. The van der Waals surface area contributed by atoms with E-state index in [1.165, 1.54) is 25.7 Å². The Morgan fingerprint density at radius 2 is 2.12 bits per heavy atom. The molecule has 0 bridgehead atoms. The highest BCUT2D eigenvalue weighted by Gasteiger charge is 2.01. The molecule has 1 rings (SSSR count). The number of hydrogen-bond acceptors (Lipinski definition) is 4. The minimum absolute atomic E-state index is 0.417. The Bertz CT molecular complexity index is 274. The van der Waals surface area contributed by atoms with Crippen LogP contribution in [0.3, 0.4) is 0 Å². The number of nitrogens with two attached hydrogens (primary N) is 1. The van der Waals surface area contributed by atoms with Crippen molar-refractivity contribution in [1.29, 1.82) is 0 Å². The van der Waals surface area contributed by atoms with Crippen LogP contribution in [0, 0.1) is 0 Å². The van der Waals surface area contributed by atoms with E-state index in [2.05, 4.69) is 12.1 Å². The van der Waals surface area contributed by atoms with Gasteiger partial charge in [0.2, 0.25) is 0 Å². The zero-order valence-corrected chi connectivity index (χ0v) is 10.1. The van der Waals surface area contributed by atoms with Gasteiger partial charge in [0.05, 0.1) is 5.69 Å². The van der Waals surface area contributed by atoms with Gasteiger partial charge in [-0.15, -0.1) is 0 Å². The van der Waals surface area contributed by atoms with E-state index in [1.807, 2.05) is 6.07 Å². The fraction of sp³-hybridized carbons (Fsp3) is 0.750. The third-order valence-electron chi connectivity index (χ3n) is 2.45. The molecule has 0 radical (unpaired) electrons. The first-order valence-corrected chi connectivity index (χ1v) is 6.09. The summed E-state index contributed by atoms with van der Waals surface area (Å²) in [5.41, 5.74) is 6.20. The number of hydrogen-bond donors (Lipinski definition) is 1. The van der Waals surface area contributed by atoms with Crippen molar-refractivity contribution in [2.75, 3.05) is 6.61 Å². The summed E-state index contributed by atoms with van der Waals surface area (Å²) in [7, 11) is 0. The van der Waals surface area contributed by atoms with Crippen molar-refractivity contribution in [2.24, 2.45) is 5.73 Å². The standard InChI is InChI=1S/C12H22N2O2/c1-2-3-4-5-6-7-15-10-12-8-11(9-13)14-16-12/h8H,2-7,9-10,13H2,1H3. The van der Waals surface area contributed by atoms with E-state index in [1.54, 1.807) is 0 Å². The Morgan fingerprint density at radius 3 is 2.81 bits per heavy atom. The molecule has 4 nitrogen and oxygen atoms in total. The zero-order chi connectivity index (χ0) is 11.6. The van der Waals surface area contributed by atoms with Gasteiger partial charge in [0, 0.05) is 19.2 Å².